The van der Waals surface area contributed by atoms with E-state index in [1.165, 1.54) is 12.3 Å². The Morgan fingerprint density at radius 3 is 2.70 bits per heavy atom. The Balaban J connectivity index is 1.52. The van der Waals surface area contributed by atoms with Crippen molar-refractivity contribution in [3.8, 4) is 5.75 Å². The highest BCUT2D eigenvalue weighted by Crippen LogP contribution is 2.39. The lowest BCUT2D eigenvalue weighted by atomic mass is 9.82. The molecule has 2 aliphatic rings. The average molecular weight is 443 g/mol. The maximum Gasteiger partial charge on any atom is 0.209 e. The fraction of sp³-hybridized carbons (Fsp3) is 0.667. The van der Waals surface area contributed by atoms with E-state index in [1.54, 1.807) is 6.07 Å². The van der Waals surface area contributed by atoms with Crippen LogP contribution < -0.4 is 14.8 Å². The minimum atomic E-state index is -3.26. The first-order valence-electron chi connectivity index (χ1n) is 10.5. The lowest BCUT2D eigenvalue weighted by molar-refractivity contribution is -0.109. The van der Waals surface area contributed by atoms with Gasteiger partial charge in [-0.15, -0.1) is 0 Å². The van der Waals surface area contributed by atoms with Gasteiger partial charge in [0, 0.05) is 17.6 Å². The van der Waals surface area contributed by atoms with Gasteiger partial charge in [0.15, 0.2) is 17.9 Å². The molecule has 1 saturated heterocycles. The van der Waals surface area contributed by atoms with Crippen LogP contribution in [0.5, 0.6) is 5.75 Å². The van der Waals surface area contributed by atoms with Crippen LogP contribution in [-0.4, -0.2) is 58.9 Å². The molecule has 0 spiro atoms. The molecule has 1 saturated carbocycles. The highest BCUT2D eigenvalue weighted by molar-refractivity contribution is 7.88. The second kappa shape index (κ2) is 10.7. The Hall–Kier alpha value is -1.55. The molecule has 0 unspecified atom stereocenters. The van der Waals surface area contributed by atoms with Crippen LogP contribution in [0, 0.1) is 5.82 Å². The molecule has 1 aliphatic carbocycles. The van der Waals surface area contributed by atoms with Crippen LogP contribution >= 0.6 is 0 Å². The molecule has 7 nitrogen and oxygen atoms in total. The SMILES string of the molecule is CS(=O)(=O)N[C@H]1CCCN[C@H]1COC1CCC(c2cccc(F)c2OCC=O)CC1. The van der Waals surface area contributed by atoms with Gasteiger partial charge in [-0.1, -0.05) is 12.1 Å². The molecule has 0 radical (unpaired) electrons. The van der Waals surface area contributed by atoms with Crippen LogP contribution in [-0.2, 0) is 19.6 Å². The van der Waals surface area contributed by atoms with E-state index in [-0.39, 0.29) is 36.5 Å². The van der Waals surface area contributed by atoms with E-state index in [0.717, 1.165) is 50.6 Å². The summed E-state index contributed by atoms with van der Waals surface area (Å²) >= 11 is 0. The number of halogens is 1. The number of hydrogen-bond donors (Lipinski definition) is 2. The molecular formula is C21H31FN2O5S. The number of sulfonamides is 1. The second-order valence-corrected chi connectivity index (χ2v) is 9.92. The van der Waals surface area contributed by atoms with Crippen molar-refractivity contribution in [1.82, 2.24) is 10.0 Å². The Bertz CT molecular complexity index is 812. The van der Waals surface area contributed by atoms with E-state index in [4.69, 9.17) is 9.47 Å². The van der Waals surface area contributed by atoms with Gasteiger partial charge in [0.1, 0.15) is 6.61 Å². The van der Waals surface area contributed by atoms with Crippen molar-refractivity contribution in [3.63, 3.8) is 0 Å². The summed E-state index contributed by atoms with van der Waals surface area (Å²) in [6.07, 6.45) is 6.98. The zero-order valence-corrected chi connectivity index (χ0v) is 18.1. The summed E-state index contributed by atoms with van der Waals surface area (Å²) in [4.78, 5) is 10.6. The first-order valence-corrected chi connectivity index (χ1v) is 12.4. The van der Waals surface area contributed by atoms with Crippen LogP contribution in [0.4, 0.5) is 4.39 Å². The first-order chi connectivity index (χ1) is 14.4. The van der Waals surface area contributed by atoms with Crippen LogP contribution in [0.3, 0.4) is 0 Å². The Kier molecular flexibility index (Phi) is 8.21. The molecule has 2 fully saturated rings. The van der Waals surface area contributed by atoms with Crippen molar-refractivity contribution >= 4 is 16.3 Å². The third-order valence-electron chi connectivity index (χ3n) is 5.87. The fourth-order valence-corrected chi connectivity index (χ4v) is 5.27. The Labute approximate surface area is 177 Å². The van der Waals surface area contributed by atoms with Gasteiger partial charge in [0.2, 0.25) is 10.0 Å². The number of piperidine rings is 1. The molecule has 1 aromatic carbocycles. The van der Waals surface area contributed by atoms with Gasteiger partial charge in [0.05, 0.1) is 19.0 Å². The first kappa shape index (κ1) is 23.1. The van der Waals surface area contributed by atoms with Gasteiger partial charge in [-0.25, -0.2) is 17.5 Å². The number of hydrogen-bond acceptors (Lipinski definition) is 6. The number of rotatable bonds is 9. The van der Waals surface area contributed by atoms with Crippen LogP contribution in [0.15, 0.2) is 18.2 Å². The van der Waals surface area contributed by atoms with Crippen molar-refractivity contribution in [2.45, 2.75) is 62.6 Å². The number of benzene rings is 1. The molecule has 1 heterocycles. The number of ether oxygens (including phenoxy) is 2. The average Bonchev–Trinajstić information content (AvgIpc) is 2.71. The molecule has 1 aliphatic heterocycles. The van der Waals surface area contributed by atoms with Gasteiger partial charge in [0.25, 0.3) is 0 Å². The van der Waals surface area contributed by atoms with Crippen molar-refractivity contribution < 1.29 is 27.1 Å². The van der Waals surface area contributed by atoms with E-state index < -0.39 is 15.8 Å². The van der Waals surface area contributed by atoms with Gasteiger partial charge in [-0.2, -0.15) is 0 Å². The maximum absolute atomic E-state index is 14.2. The van der Waals surface area contributed by atoms with Gasteiger partial charge in [-0.05, 0) is 57.1 Å². The molecule has 9 heteroatoms. The highest BCUT2D eigenvalue weighted by atomic mass is 32.2. The minimum absolute atomic E-state index is 0.0437. The lowest BCUT2D eigenvalue weighted by Crippen LogP contribution is -2.55. The highest BCUT2D eigenvalue weighted by Gasteiger charge is 2.30. The predicted octanol–water partition coefficient (Wildman–Crippen LogP) is 2.12. The standard InChI is InChI=1S/C21H31FN2O5S/c1-30(26,27)24-19-6-3-11-23-20(19)14-29-16-9-7-15(8-10-16)17-4-2-5-18(22)21(17)28-13-12-25/h2,4-5,12,15-16,19-20,23-24H,3,6-11,13-14H2,1H3/t15?,16?,19-,20-/m0/s1. The van der Waals surface area contributed by atoms with Gasteiger partial charge in [-0.3, -0.25) is 4.79 Å². The topological polar surface area (TPSA) is 93.7 Å². The van der Waals surface area contributed by atoms with Gasteiger partial charge < -0.3 is 14.8 Å². The van der Waals surface area contributed by atoms with E-state index in [1.807, 2.05) is 6.07 Å². The zero-order valence-electron chi connectivity index (χ0n) is 17.3. The summed E-state index contributed by atoms with van der Waals surface area (Å²) in [7, 11) is -3.26. The van der Waals surface area contributed by atoms with Crippen molar-refractivity contribution in [1.29, 1.82) is 0 Å². The lowest BCUT2D eigenvalue weighted by Gasteiger charge is -2.35. The molecule has 168 valence electrons. The van der Waals surface area contributed by atoms with Crippen LogP contribution in [0.2, 0.25) is 0 Å². The summed E-state index contributed by atoms with van der Waals surface area (Å²) in [5, 5.41) is 3.36. The predicted molar refractivity (Wildman–Crippen MR) is 112 cm³/mol. The summed E-state index contributed by atoms with van der Waals surface area (Å²) in [5.74, 6) is -0.106. The minimum Gasteiger partial charge on any atom is -0.483 e. The van der Waals surface area contributed by atoms with E-state index in [9.17, 15) is 17.6 Å². The number of nitrogens with one attached hydrogen (secondary N) is 2. The fourth-order valence-electron chi connectivity index (χ4n) is 4.44. The Morgan fingerprint density at radius 1 is 1.23 bits per heavy atom. The molecule has 0 amide bonds. The maximum atomic E-state index is 14.2. The van der Waals surface area contributed by atoms with Crippen LogP contribution in [0.1, 0.15) is 50.0 Å². The number of carbonyl (C=O) groups excluding carboxylic acids is 1. The number of carbonyl (C=O) groups is 1. The third kappa shape index (κ3) is 6.47. The van der Waals surface area contributed by atoms with Crippen molar-refractivity contribution in [3.05, 3.63) is 29.6 Å². The molecule has 1 aromatic rings. The monoisotopic (exact) mass is 442 g/mol. The largest absolute Gasteiger partial charge is 0.483 e. The Morgan fingerprint density at radius 2 is 2.00 bits per heavy atom. The molecule has 30 heavy (non-hydrogen) atoms. The zero-order chi connectivity index (χ0) is 21.6. The molecule has 2 atom stereocenters. The normalized spacial score (nSPS) is 27.5. The summed E-state index contributed by atoms with van der Waals surface area (Å²) in [5.41, 5.74) is 0.807. The molecular weight excluding hydrogens is 411 g/mol. The van der Waals surface area contributed by atoms with Crippen molar-refractivity contribution in [2.24, 2.45) is 0 Å². The van der Waals surface area contributed by atoms with Crippen LogP contribution in [0.25, 0.3) is 0 Å². The quantitative estimate of drug-likeness (QED) is 0.569. The molecule has 0 aromatic heterocycles. The summed E-state index contributed by atoms with van der Waals surface area (Å²) < 4.78 is 51.5. The second-order valence-electron chi connectivity index (χ2n) is 8.14. The molecule has 2 N–H and O–H groups in total. The van der Waals surface area contributed by atoms with E-state index in [2.05, 4.69) is 10.0 Å². The summed E-state index contributed by atoms with van der Waals surface area (Å²) in [6.45, 7) is 1.14. The smallest absolute Gasteiger partial charge is 0.209 e. The third-order valence-corrected chi connectivity index (χ3v) is 6.60. The summed E-state index contributed by atoms with van der Waals surface area (Å²) in [6, 6.07) is 4.68. The number of para-hydroxylation sites is 1. The van der Waals surface area contributed by atoms with E-state index in [0.29, 0.717) is 12.9 Å². The van der Waals surface area contributed by atoms with Crippen molar-refractivity contribution in [2.75, 3.05) is 26.0 Å². The molecule has 3 rings (SSSR count). The molecule has 0 bridgehead atoms. The van der Waals surface area contributed by atoms with Gasteiger partial charge >= 0.3 is 0 Å². The van der Waals surface area contributed by atoms with E-state index >= 15 is 0 Å². The number of aldehydes is 1.